The van der Waals surface area contributed by atoms with Crippen molar-refractivity contribution in [2.45, 2.75) is 26.4 Å². The quantitative estimate of drug-likeness (QED) is 0.545. The molecule has 6 heteroatoms. The number of aromatic nitrogens is 2. The van der Waals surface area contributed by atoms with Crippen LogP contribution >= 0.6 is 24.8 Å². The van der Waals surface area contributed by atoms with Crippen LogP contribution in [0.4, 0.5) is 0 Å². The molecule has 31 heavy (non-hydrogen) atoms. The molecule has 5 rings (SSSR count). The summed E-state index contributed by atoms with van der Waals surface area (Å²) in [7, 11) is 2.30. The molecule has 3 aromatic rings. The van der Waals surface area contributed by atoms with Crippen molar-refractivity contribution in [2.75, 3.05) is 26.7 Å². The Kier molecular flexibility index (Phi) is 7.48. The van der Waals surface area contributed by atoms with Gasteiger partial charge < -0.3 is 0 Å². The maximum absolute atomic E-state index is 4.47. The number of hydrogen-bond donors (Lipinski definition) is 0. The van der Waals surface area contributed by atoms with Gasteiger partial charge in [-0.25, -0.2) is 4.68 Å². The Hall–Kier alpha value is -1.85. The summed E-state index contributed by atoms with van der Waals surface area (Å²) in [5, 5.41) is 4.47. The molecule has 166 valence electrons. The first-order valence-corrected chi connectivity index (χ1v) is 10.7. The van der Waals surface area contributed by atoms with Gasteiger partial charge >= 0.3 is 0 Å². The predicted molar refractivity (Wildman–Crippen MR) is 132 cm³/mol. The first-order valence-electron chi connectivity index (χ1n) is 10.7. The highest BCUT2D eigenvalue weighted by atomic mass is 35.5. The van der Waals surface area contributed by atoms with Gasteiger partial charge in [0, 0.05) is 44.6 Å². The molecule has 1 aromatic heterocycles. The lowest BCUT2D eigenvalue weighted by molar-refractivity contribution is 0.224. The average molecular weight is 459 g/mol. The molecule has 3 atom stereocenters. The van der Waals surface area contributed by atoms with Crippen LogP contribution in [-0.4, -0.2) is 46.3 Å². The summed E-state index contributed by atoms with van der Waals surface area (Å²) in [6.07, 6.45) is 3.89. The predicted octanol–water partition coefficient (Wildman–Crippen LogP) is 5.07. The topological polar surface area (TPSA) is 24.3 Å². The highest BCUT2D eigenvalue weighted by Crippen LogP contribution is 2.45. The second-order valence-corrected chi connectivity index (χ2v) is 8.94. The van der Waals surface area contributed by atoms with Crippen LogP contribution in [0.2, 0.25) is 0 Å². The van der Waals surface area contributed by atoms with Gasteiger partial charge in [-0.2, -0.15) is 5.10 Å². The van der Waals surface area contributed by atoms with Crippen LogP contribution < -0.4 is 0 Å². The number of fused-ring (bicyclic) bond motifs is 1. The van der Waals surface area contributed by atoms with E-state index in [-0.39, 0.29) is 24.8 Å². The van der Waals surface area contributed by atoms with Gasteiger partial charge in [0.15, 0.2) is 0 Å². The van der Waals surface area contributed by atoms with Crippen molar-refractivity contribution in [1.82, 2.24) is 19.6 Å². The van der Waals surface area contributed by atoms with E-state index in [1.165, 1.54) is 47.6 Å². The average Bonchev–Trinajstić information content (AvgIpc) is 3.40. The van der Waals surface area contributed by atoms with Gasteiger partial charge in [-0.15, -0.1) is 24.8 Å². The number of halogens is 2. The minimum Gasteiger partial charge on any atom is -0.299 e. The summed E-state index contributed by atoms with van der Waals surface area (Å²) in [6.45, 7) is 8.98. The van der Waals surface area contributed by atoms with Gasteiger partial charge in [0.25, 0.3) is 0 Å². The van der Waals surface area contributed by atoms with Crippen molar-refractivity contribution in [3.05, 3.63) is 83.2 Å². The SMILES string of the molecule is Cc1ccc(-n2cccn2)c(CN2C[C@@H]3CN(C)[C@H](c4ccccc4C)[C@@H]3C2)c1.Cl.Cl. The Morgan fingerprint density at radius 1 is 0.968 bits per heavy atom. The zero-order chi connectivity index (χ0) is 20.0. The normalized spacial score (nSPS) is 23.3. The molecule has 4 nitrogen and oxygen atoms in total. The third-order valence-electron chi connectivity index (χ3n) is 6.86. The van der Waals surface area contributed by atoms with Crippen LogP contribution in [0.5, 0.6) is 0 Å². The highest BCUT2D eigenvalue weighted by Gasteiger charge is 2.46. The largest absolute Gasteiger partial charge is 0.299 e. The lowest BCUT2D eigenvalue weighted by atomic mass is 9.88. The van der Waals surface area contributed by atoms with Crippen molar-refractivity contribution >= 4 is 24.8 Å². The molecule has 0 spiro atoms. The van der Waals surface area contributed by atoms with Crippen molar-refractivity contribution in [3.8, 4) is 5.69 Å². The minimum atomic E-state index is 0. The molecule has 2 aliphatic heterocycles. The summed E-state index contributed by atoms with van der Waals surface area (Å²) >= 11 is 0. The molecule has 0 saturated carbocycles. The Morgan fingerprint density at radius 3 is 2.52 bits per heavy atom. The molecule has 3 heterocycles. The molecular weight excluding hydrogens is 427 g/mol. The van der Waals surface area contributed by atoms with E-state index in [9.17, 15) is 0 Å². The first-order chi connectivity index (χ1) is 14.1. The summed E-state index contributed by atoms with van der Waals surface area (Å²) in [5.41, 5.74) is 6.81. The molecule has 2 aliphatic rings. The maximum Gasteiger partial charge on any atom is 0.0690 e. The Labute approximate surface area is 198 Å². The zero-order valence-corrected chi connectivity index (χ0v) is 20.1. The van der Waals surface area contributed by atoms with Crippen LogP contribution in [0.25, 0.3) is 5.69 Å². The summed E-state index contributed by atoms with van der Waals surface area (Å²) in [5.74, 6) is 1.46. The second kappa shape index (κ2) is 9.74. The molecular formula is C25H32Cl2N4. The van der Waals surface area contributed by atoms with Crippen molar-refractivity contribution in [1.29, 1.82) is 0 Å². The van der Waals surface area contributed by atoms with Crippen LogP contribution in [-0.2, 0) is 6.54 Å². The number of hydrogen-bond acceptors (Lipinski definition) is 3. The summed E-state index contributed by atoms with van der Waals surface area (Å²) in [4.78, 5) is 5.24. The fraction of sp³-hybridized carbons (Fsp3) is 0.400. The summed E-state index contributed by atoms with van der Waals surface area (Å²) < 4.78 is 2.00. The van der Waals surface area contributed by atoms with E-state index >= 15 is 0 Å². The first kappa shape index (κ1) is 23.8. The van der Waals surface area contributed by atoms with E-state index in [1.807, 2.05) is 23.1 Å². The molecule has 0 bridgehead atoms. The molecule has 0 amide bonds. The van der Waals surface area contributed by atoms with Crippen molar-refractivity contribution < 1.29 is 0 Å². The smallest absolute Gasteiger partial charge is 0.0690 e. The van der Waals surface area contributed by atoms with E-state index in [2.05, 4.69) is 78.3 Å². The van der Waals surface area contributed by atoms with Gasteiger partial charge in [-0.3, -0.25) is 9.80 Å². The molecule has 0 unspecified atom stereocenters. The van der Waals surface area contributed by atoms with Gasteiger partial charge in [0.05, 0.1) is 5.69 Å². The molecule has 2 aromatic carbocycles. The van der Waals surface area contributed by atoms with Crippen molar-refractivity contribution in [3.63, 3.8) is 0 Å². The fourth-order valence-electron chi connectivity index (χ4n) is 5.58. The molecule has 0 radical (unpaired) electrons. The molecule has 2 fully saturated rings. The zero-order valence-electron chi connectivity index (χ0n) is 18.4. The van der Waals surface area contributed by atoms with E-state index in [1.54, 1.807) is 0 Å². The number of benzene rings is 2. The lowest BCUT2D eigenvalue weighted by Gasteiger charge is -2.28. The standard InChI is InChI=1S/C25H30N4.2ClH/c1-18-9-10-24(29-12-6-11-26-29)20(13-18)15-28-16-21-14-27(3)25(23(21)17-28)22-8-5-4-7-19(22)2;;/h4-13,21,23,25H,14-17H2,1-3H3;2*1H/t21-,23+,25+;;/m0../s1. The summed E-state index contributed by atoms with van der Waals surface area (Å²) in [6, 6.07) is 18.2. The Morgan fingerprint density at radius 2 is 1.77 bits per heavy atom. The third kappa shape index (κ3) is 4.54. The Bertz CT molecular complexity index is 1000. The van der Waals surface area contributed by atoms with Crippen molar-refractivity contribution in [2.24, 2.45) is 11.8 Å². The highest BCUT2D eigenvalue weighted by molar-refractivity contribution is 5.85. The molecule has 2 saturated heterocycles. The van der Waals surface area contributed by atoms with Gasteiger partial charge in [-0.1, -0.05) is 42.0 Å². The lowest BCUT2D eigenvalue weighted by Crippen LogP contribution is -2.29. The van der Waals surface area contributed by atoms with E-state index in [0.717, 1.165) is 12.5 Å². The van der Waals surface area contributed by atoms with Gasteiger partial charge in [-0.05, 0) is 61.6 Å². The van der Waals surface area contributed by atoms with E-state index in [0.29, 0.717) is 12.0 Å². The Balaban J connectivity index is 0.00000136. The fourth-order valence-corrected chi connectivity index (χ4v) is 5.58. The minimum absolute atomic E-state index is 0. The van der Waals surface area contributed by atoms with Crippen LogP contribution in [0.3, 0.4) is 0 Å². The van der Waals surface area contributed by atoms with Gasteiger partial charge in [0.2, 0.25) is 0 Å². The van der Waals surface area contributed by atoms with Crippen LogP contribution in [0, 0.1) is 25.7 Å². The third-order valence-corrected chi connectivity index (χ3v) is 6.86. The molecule has 0 N–H and O–H groups in total. The number of likely N-dealkylation sites (tertiary alicyclic amines) is 2. The van der Waals surface area contributed by atoms with Crippen LogP contribution in [0.15, 0.2) is 60.9 Å². The van der Waals surface area contributed by atoms with E-state index < -0.39 is 0 Å². The number of nitrogens with zero attached hydrogens (tertiary/aromatic N) is 4. The maximum atomic E-state index is 4.47. The number of rotatable bonds is 4. The second-order valence-electron chi connectivity index (χ2n) is 8.94. The van der Waals surface area contributed by atoms with Crippen LogP contribution in [0.1, 0.15) is 28.3 Å². The monoisotopic (exact) mass is 458 g/mol. The number of aryl methyl sites for hydroxylation is 2. The van der Waals surface area contributed by atoms with Gasteiger partial charge in [0.1, 0.15) is 0 Å². The molecule has 0 aliphatic carbocycles. The van der Waals surface area contributed by atoms with E-state index in [4.69, 9.17) is 0 Å².